The molecule has 9 heteroatoms. The Morgan fingerprint density at radius 2 is 1.96 bits per heavy atom. The molecule has 0 spiro atoms. The first kappa shape index (κ1) is 19.6. The Kier molecular flexibility index (Phi) is 6.14. The van der Waals surface area contributed by atoms with E-state index in [2.05, 4.69) is 5.10 Å². The van der Waals surface area contributed by atoms with Crippen LogP contribution in [0, 0.1) is 6.92 Å². The first-order valence-electron chi connectivity index (χ1n) is 7.77. The van der Waals surface area contributed by atoms with Crippen LogP contribution in [-0.4, -0.2) is 35.6 Å². The van der Waals surface area contributed by atoms with Crippen molar-refractivity contribution in [2.24, 2.45) is 0 Å². The number of ether oxygens (including phenoxy) is 2. The fourth-order valence-corrected chi connectivity index (χ4v) is 2.17. The molecule has 0 aliphatic heterocycles. The number of aryl methyl sites for hydroxylation is 1. The fraction of sp³-hybridized carbons (Fsp3) is 0.353. The van der Waals surface area contributed by atoms with Crippen LogP contribution in [0.15, 0.2) is 35.1 Å². The molecule has 1 aromatic carbocycles. The molecule has 0 unspecified atom stereocenters. The van der Waals surface area contributed by atoms with Crippen molar-refractivity contribution in [3.63, 3.8) is 0 Å². The van der Waals surface area contributed by atoms with E-state index in [9.17, 15) is 22.8 Å². The highest BCUT2D eigenvalue weighted by Crippen LogP contribution is 2.30. The van der Waals surface area contributed by atoms with Gasteiger partial charge >= 0.3 is 12.1 Å². The smallest absolute Gasteiger partial charge is 0.416 e. The lowest BCUT2D eigenvalue weighted by Gasteiger charge is -2.13. The molecule has 0 amide bonds. The lowest BCUT2D eigenvalue weighted by atomic mass is 10.2. The van der Waals surface area contributed by atoms with E-state index in [0.717, 1.165) is 22.9 Å². The van der Waals surface area contributed by atoms with E-state index in [-0.39, 0.29) is 24.6 Å². The summed E-state index contributed by atoms with van der Waals surface area (Å²) in [5, 5.41) is 3.89. The minimum absolute atomic E-state index is 0.0643. The first-order chi connectivity index (χ1) is 12.2. The molecular formula is C17H17F3N2O4. The van der Waals surface area contributed by atoms with Crippen LogP contribution in [-0.2, 0) is 15.7 Å². The minimum atomic E-state index is -4.52. The lowest BCUT2D eigenvalue weighted by molar-refractivity contribution is -0.137. The highest BCUT2D eigenvalue weighted by atomic mass is 19.4. The molecule has 0 aliphatic rings. The Morgan fingerprint density at radius 1 is 1.23 bits per heavy atom. The molecule has 0 radical (unpaired) electrons. The number of esters is 1. The van der Waals surface area contributed by atoms with Gasteiger partial charge in [-0.25, -0.2) is 9.48 Å². The second-order valence-corrected chi connectivity index (χ2v) is 5.29. The van der Waals surface area contributed by atoms with Gasteiger partial charge in [0.15, 0.2) is 0 Å². The molecule has 2 aromatic rings. The molecule has 0 N–H and O–H groups in total. The van der Waals surface area contributed by atoms with E-state index in [4.69, 9.17) is 9.47 Å². The fourth-order valence-electron chi connectivity index (χ4n) is 2.17. The van der Waals surface area contributed by atoms with Gasteiger partial charge in [-0.05, 0) is 32.0 Å². The predicted molar refractivity (Wildman–Crippen MR) is 86.3 cm³/mol. The number of rotatable bonds is 6. The van der Waals surface area contributed by atoms with E-state index in [1.807, 2.05) is 0 Å². The monoisotopic (exact) mass is 370 g/mol. The Labute approximate surface area is 147 Å². The van der Waals surface area contributed by atoms with Crippen molar-refractivity contribution in [2.45, 2.75) is 20.0 Å². The second kappa shape index (κ2) is 8.13. The number of halogens is 3. The molecule has 0 saturated carbocycles. The molecule has 1 aromatic heterocycles. The Balaban J connectivity index is 2.36. The molecule has 0 saturated heterocycles. The van der Waals surface area contributed by atoms with E-state index in [1.54, 1.807) is 6.92 Å². The zero-order valence-corrected chi connectivity index (χ0v) is 14.2. The van der Waals surface area contributed by atoms with Gasteiger partial charge in [0.2, 0.25) is 11.1 Å². The predicted octanol–water partition coefficient (Wildman–Crippen LogP) is 2.75. The van der Waals surface area contributed by atoms with Crippen molar-refractivity contribution in [3.8, 4) is 5.69 Å². The van der Waals surface area contributed by atoms with Gasteiger partial charge in [0, 0.05) is 18.4 Å². The van der Waals surface area contributed by atoms with Gasteiger partial charge in [-0.1, -0.05) is 6.07 Å². The summed E-state index contributed by atoms with van der Waals surface area (Å²) in [6.45, 7) is 3.82. The quantitative estimate of drug-likeness (QED) is 0.578. The molecule has 6 nitrogen and oxygen atoms in total. The third-order valence-corrected chi connectivity index (χ3v) is 3.38. The van der Waals surface area contributed by atoms with E-state index >= 15 is 0 Å². The van der Waals surface area contributed by atoms with Gasteiger partial charge in [-0.3, -0.25) is 4.79 Å². The van der Waals surface area contributed by atoms with Crippen molar-refractivity contribution < 1.29 is 27.4 Å². The van der Waals surface area contributed by atoms with Crippen LogP contribution in [0.3, 0.4) is 0 Å². The van der Waals surface area contributed by atoms with Crippen LogP contribution in [0.25, 0.3) is 5.69 Å². The third-order valence-electron chi connectivity index (χ3n) is 3.38. The molecule has 140 valence electrons. The normalized spacial score (nSPS) is 11.4. The lowest BCUT2D eigenvalue weighted by Crippen LogP contribution is -2.25. The van der Waals surface area contributed by atoms with E-state index in [1.165, 1.54) is 19.1 Å². The number of carbonyl (C=O) groups excluding carboxylic acids is 1. The Hall–Kier alpha value is -2.68. The van der Waals surface area contributed by atoms with E-state index < -0.39 is 28.8 Å². The number of benzene rings is 1. The van der Waals surface area contributed by atoms with Crippen molar-refractivity contribution in [1.29, 1.82) is 0 Å². The number of hydrogen-bond donors (Lipinski definition) is 0. The van der Waals surface area contributed by atoms with Crippen molar-refractivity contribution >= 4 is 5.97 Å². The van der Waals surface area contributed by atoms with Gasteiger partial charge in [0.1, 0.15) is 6.61 Å². The highest BCUT2D eigenvalue weighted by Gasteiger charge is 2.30. The van der Waals surface area contributed by atoms with Crippen LogP contribution in [0.5, 0.6) is 0 Å². The molecule has 0 atom stereocenters. The second-order valence-electron chi connectivity index (χ2n) is 5.29. The maximum atomic E-state index is 12.9. The maximum absolute atomic E-state index is 12.9. The number of aromatic nitrogens is 2. The average molecular weight is 370 g/mol. The number of carbonyl (C=O) groups is 1. The molecule has 1 heterocycles. The summed E-state index contributed by atoms with van der Waals surface area (Å²) in [6, 6.07) is 5.53. The van der Waals surface area contributed by atoms with Gasteiger partial charge < -0.3 is 9.47 Å². The molecule has 0 bridgehead atoms. The summed E-state index contributed by atoms with van der Waals surface area (Å²) in [5.74, 6) is -0.963. The third kappa shape index (κ3) is 4.69. The average Bonchev–Trinajstić information content (AvgIpc) is 2.58. The molecule has 0 aliphatic carbocycles. The molecule has 26 heavy (non-hydrogen) atoms. The molecule has 0 fully saturated rings. The van der Waals surface area contributed by atoms with Crippen LogP contribution in [0.2, 0.25) is 0 Å². The minimum Gasteiger partial charge on any atom is -0.458 e. The number of hydrogen-bond acceptors (Lipinski definition) is 5. The van der Waals surface area contributed by atoms with Gasteiger partial charge in [-0.2, -0.15) is 18.3 Å². The summed E-state index contributed by atoms with van der Waals surface area (Å²) in [6.07, 6.45) is -4.52. The number of alkyl halides is 3. The van der Waals surface area contributed by atoms with Crippen LogP contribution < -0.4 is 5.43 Å². The SMILES string of the molecule is CCOCCOC(=O)c1nn(-c2cccc(C(F)(F)F)c2)c(C)cc1=O. The summed E-state index contributed by atoms with van der Waals surface area (Å²) in [4.78, 5) is 24.0. The molecular weight excluding hydrogens is 353 g/mol. The van der Waals surface area contributed by atoms with Crippen molar-refractivity contribution in [2.75, 3.05) is 19.8 Å². The zero-order chi connectivity index (χ0) is 19.3. The van der Waals surface area contributed by atoms with Crippen LogP contribution in [0.1, 0.15) is 28.7 Å². The molecule has 2 rings (SSSR count). The summed E-state index contributed by atoms with van der Waals surface area (Å²) >= 11 is 0. The van der Waals surface area contributed by atoms with Gasteiger partial charge in [0.25, 0.3) is 0 Å². The highest BCUT2D eigenvalue weighted by molar-refractivity contribution is 5.86. The summed E-state index contributed by atoms with van der Waals surface area (Å²) in [7, 11) is 0. The topological polar surface area (TPSA) is 70.4 Å². The van der Waals surface area contributed by atoms with Crippen LogP contribution in [0.4, 0.5) is 13.2 Å². The Morgan fingerprint density at radius 3 is 2.62 bits per heavy atom. The largest absolute Gasteiger partial charge is 0.458 e. The first-order valence-corrected chi connectivity index (χ1v) is 7.77. The van der Waals surface area contributed by atoms with Crippen molar-refractivity contribution in [3.05, 3.63) is 57.5 Å². The Bertz CT molecular complexity index is 847. The standard InChI is InChI=1S/C17H17F3N2O4/c1-3-25-7-8-26-16(24)15-14(23)9-11(2)22(21-15)13-6-4-5-12(10-13)17(18,19)20/h4-6,9-10H,3,7-8H2,1-2H3. The summed E-state index contributed by atoms with van der Waals surface area (Å²) < 4.78 is 49.7. The number of nitrogens with zero attached hydrogens (tertiary/aromatic N) is 2. The summed E-state index contributed by atoms with van der Waals surface area (Å²) in [5.41, 5.74) is -1.70. The van der Waals surface area contributed by atoms with Crippen molar-refractivity contribution in [1.82, 2.24) is 9.78 Å². The zero-order valence-electron chi connectivity index (χ0n) is 14.2. The maximum Gasteiger partial charge on any atom is 0.416 e. The van der Waals surface area contributed by atoms with E-state index in [0.29, 0.717) is 6.61 Å². The van der Waals surface area contributed by atoms with Gasteiger partial charge in [0.05, 0.1) is 17.9 Å². The van der Waals surface area contributed by atoms with Crippen LogP contribution >= 0.6 is 0 Å². The van der Waals surface area contributed by atoms with Gasteiger partial charge in [-0.15, -0.1) is 0 Å².